The fourth-order valence-electron chi connectivity index (χ4n) is 1.90. The third-order valence-corrected chi connectivity index (χ3v) is 5.77. The summed E-state index contributed by atoms with van der Waals surface area (Å²) in [7, 11) is 0. The molecule has 1 aromatic carbocycles. The molecule has 0 fully saturated rings. The van der Waals surface area contributed by atoms with Crippen LogP contribution in [-0.4, -0.2) is 14.1 Å². The molecule has 0 radical (unpaired) electrons. The second kappa shape index (κ2) is 9.35. The van der Waals surface area contributed by atoms with Crippen LogP contribution in [0, 0.1) is 10.7 Å². The average molecular weight is 242 g/mol. The van der Waals surface area contributed by atoms with Gasteiger partial charge in [-0.3, -0.25) is 0 Å². The summed E-state index contributed by atoms with van der Waals surface area (Å²) in [5, 5.41) is 2.80. The minimum absolute atomic E-state index is 0.800. The van der Waals surface area contributed by atoms with Crippen LogP contribution in [0.25, 0.3) is 0 Å². The van der Waals surface area contributed by atoms with Gasteiger partial charge in [-0.1, -0.05) is 74.2 Å². The van der Waals surface area contributed by atoms with E-state index < -0.39 is 14.1 Å². The molecule has 0 saturated carbocycles. The number of hydrogen-bond donors (Lipinski definition) is 0. The van der Waals surface area contributed by atoms with E-state index in [1.54, 1.807) is 0 Å². The summed E-state index contributed by atoms with van der Waals surface area (Å²) < 4.78 is 0. The molecule has 0 atom stereocenters. The quantitative estimate of drug-likeness (QED) is 0.502. The Morgan fingerprint density at radius 2 is 1.53 bits per heavy atom. The predicted octanol–water partition coefficient (Wildman–Crippen LogP) is 4.67. The molecule has 1 heteroatoms. The van der Waals surface area contributed by atoms with E-state index in [0.29, 0.717) is 0 Å². The maximum atomic E-state index is 3.59. The topological polar surface area (TPSA) is 0 Å². The van der Waals surface area contributed by atoms with Crippen molar-refractivity contribution in [1.82, 2.24) is 0 Å². The largest absolute Gasteiger partial charge is 0.376 e. The van der Waals surface area contributed by atoms with Gasteiger partial charge in [0.25, 0.3) is 0 Å². The van der Waals surface area contributed by atoms with E-state index in [1.165, 1.54) is 41.8 Å². The van der Waals surface area contributed by atoms with Crippen molar-refractivity contribution in [2.24, 2.45) is 0 Å². The van der Waals surface area contributed by atoms with Gasteiger partial charge in [-0.25, -0.2) is 0 Å². The molecule has 0 heterocycles. The van der Waals surface area contributed by atoms with Gasteiger partial charge in [-0.05, 0) is 12.1 Å². The average Bonchev–Trinajstić information content (AvgIpc) is 2.39. The molecule has 0 amide bonds. The van der Waals surface area contributed by atoms with Crippen LogP contribution < -0.4 is 0 Å². The van der Waals surface area contributed by atoms with Crippen LogP contribution >= 0.6 is 0 Å². The smallest absolute Gasteiger partial charge is 0.200 e. The standard InChI is InChI=1S/C8H5.2C4H9.Al/c1-2-8-6-4-3-5-7-8;2*1-3-4-2;/h3-7H;2*1,3-4H2,2H3;. The zero-order valence-electron chi connectivity index (χ0n) is 11.2. The van der Waals surface area contributed by atoms with Gasteiger partial charge in [-0.2, -0.15) is 4.78 Å². The van der Waals surface area contributed by atoms with Crippen molar-refractivity contribution in [1.29, 1.82) is 0 Å². The predicted molar refractivity (Wildman–Crippen MR) is 78.5 cm³/mol. The molecule has 0 spiro atoms. The summed E-state index contributed by atoms with van der Waals surface area (Å²) in [5.74, 6) is 3.37. The van der Waals surface area contributed by atoms with Crippen molar-refractivity contribution in [2.75, 3.05) is 0 Å². The Kier molecular flexibility index (Phi) is 7.91. The fraction of sp³-hybridized carbons (Fsp3) is 0.500. The van der Waals surface area contributed by atoms with E-state index in [-0.39, 0.29) is 0 Å². The van der Waals surface area contributed by atoms with Gasteiger partial charge in [0.2, 0.25) is 0 Å². The van der Waals surface area contributed by atoms with Gasteiger partial charge in [-0.15, -0.1) is 0 Å². The van der Waals surface area contributed by atoms with Crippen LogP contribution in [0.4, 0.5) is 0 Å². The molecule has 17 heavy (non-hydrogen) atoms. The van der Waals surface area contributed by atoms with Crippen LogP contribution in [0.15, 0.2) is 30.3 Å². The highest BCUT2D eigenvalue weighted by Crippen LogP contribution is 2.09. The number of rotatable bonds is 6. The van der Waals surface area contributed by atoms with Crippen LogP contribution in [0.1, 0.15) is 45.1 Å². The lowest BCUT2D eigenvalue weighted by molar-refractivity contribution is 0.846. The summed E-state index contributed by atoms with van der Waals surface area (Å²) in [4.78, 5) is 3.59. The summed E-state index contributed by atoms with van der Waals surface area (Å²) in [6.45, 7) is 4.55. The third kappa shape index (κ3) is 6.58. The summed E-state index contributed by atoms with van der Waals surface area (Å²) in [5.41, 5.74) is 1.18. The Hall–Kier alpha value is -0.688. The zero-order valence-corrected chi connectivity index (χ0v) is 12.4. The first-order valence-electron chi connectivity index (χ1n) is 6.93. The molecule has 1 aromatic rings. The van der Waals surface area contributed by atoms with E-state index in [1.807, 2.05) is 6.07 Å². The van der Waals surface area contributed by atoms with Crippen molar-refractivity contribution in [3.8, 4) is 10.7 Å². The van der Waals surface area contributed by atoms with Gasteiger partial charge < -0.3 is 0 Å². The van der Waals surface area contributed by atoms with E-state index in [9.17, 15) is 0 Å². The lowest BCUT2D eigenvalue weighted by Crippen LogP contribution is -2.09. The Morgan fingerprint density at radius 1 is 0.941 bits per heavy atom. The van der Waals surface area contributed by atoms with Crippen LogP contribution in [0.3, 0.4) is 0 Å². The van der Waals surface area contributed by atoms with Crippen molar-refractivity contribution >= 4 is 14.1 Å². The molecule has 0 aromatic heterocycles. The summed E-state index contributed by atoms with van der Waals surface area (Å²) >= 11 is -0.800. The van der Waals surface area contributed by atoms with Crippen LogP contribution in [-0.2, 0) is 0 Å². The molecular weight excluding hydrogens is 219 g/mol. The van der Waals surface area contributed by atoms with Crippen LogP contribution in [0.5, 0.6) is 0 Å². The second-order valence-corrected chi connectivity index (χ2v) is 7.45. The molecule has 0 aliphatic rings. The molecule has 0 aliphatic carbocycles. The molecule has 0 N–H and O–H groups in total. The Morgan fingerprint density at radius 3 is 2.06 bits per heavy atom. The lowest BCUT2D eigenvalue weighted by atomic mass is 10.2. The molecule has 0 unspecified atom stereocenters. The highest BCUT2D eigenvalue weighted by Gasteiger charge is 2.13. The molecule has 0 saturated heterocycles. The first-order valence-corrected chi connectivity index (χ1v) is 9.14. The maximum Gasteiger partial charge on any atom is 0.376 e. The van der Waals surface area contributed by atoms with Crippen molar-refractivity contribution in [2.45, 2.75) is 50.1 Å². The monoisotopic (exact) mass is 242 g/mol. The van der Waals surface area contributed by atoms with Gasteiger partial charge in [0, 0.05) is 5.56 Å². The third-order valence-electron chi connectivity index (χ3n) is 3.01. The Balaban J connectivity index is 2.55. The van der Waals surface area contributed by atoms with Crippen molar-refractivity contribution in [3.63, 3.8) is 0 Å². The highest BCUT2D eigenvalue weighted by atomic mass is 27.2. The molecule has 1 rings (SSSR count). The highest BCUT2D eigenvalue weighted by molar-refractivity contribution is 6.67. The van der Waals surface area contributed by atoms with Crippen molar-refractivity contribution in [3.05, 3.63) is 35.9 Å². The van der Waals surface area contributed by atoms with Crippen LogP contribution in [0.2, 0.25) is 10.6 Å². The lowest BCUT2D eigenvalue weighted by Gasteiger charge is -2.02. The summed E-state index contributed by atoms with van der Waals surface area (Å²) in [6, 6.07) is 10.4. The van der Waals surface area contributed by atoms with Gasteiger partial charge in [0.15, 0.2) is 0 Å². The minimum atomic E-state index is -0.800. The number of unbranched alkanes of at least 4 members (excludes halogenated alkanes) is 2. The molecular formula is C16H23Al. The van der Waals surface area contributed by atoms with E-state index in [0.717, 1.165) is 0 Å². The van der Waals surface area contributed by atoms with E-state index in [4.69, 9.17) is 0 Å². The molecule has 0 aliphatic heterocycles. The Bertz CT molecular complexity index is 337. The first kappa shape index (κ1) is 14.4. The molecule has 0 nitrogen and oxygen atoms in total. The zero-order chi connectivity index (χ0) is 12.3. The molecule has 0 bridgehead atoms. The normalized spacial score (nSPS) is 9.53. The number of hydrogen-bond acceptors (Lipinski definition) is 0. The van der Waals surface area contributed by atoms with Gasteiger partial charge >= 0.3 is 14.1 Å². The second-order valence-electron chi connectivity index (χ2n) is 4.62. The van der Waals surface area contributed by atoms with Gasteiger partial charge in [0.1, 0.15) is 0 Å². The maximum absolute atomic E-state index is 3.59. The van der Waals surface area contributed by atoms with E-state index >= 15 is 0 Å². The Labute approximate surface area is 111 Å². The SMILES string of the molecule is CCC[CH2][Al]([C]#Cc1ccccc1)[CH2]CCC. The number of benzene rings is 1. The summed E-state index contributed by atoms with van der Waals surface area (Å²) in [6.07, 6.45) is 5.35. The first-order chi connectivity index (χ1) is 8.36. The minimum Gasteiger partial charge on any atom is -0.200 e. The molecule has 90 valence electrons. The fourth-order valence-corrected chi connectivity index (χ4v) is 4.65. The van der Waals surface area contributed by atoms with E-state index in [2.05, 4.69) is 48.8 Å². The van der Waals surface area contributed by atoms with Crippen molar-refractivity contribution < 1.29 is 0 Å². The van der Waals surface area contributed by atoms with Gasteiger partial charge in [0.05, 0.1) is 0 Å².